The number of benzene rings is 2. The topological polar surface area (TPSA) is 43.4 Å². The van der Waals surface area contributed by atoms with Crippen LogP contribution < -0.4 is 14.8 Å². The van der Waals surface area contributed by atoms with Gasteiger partial charge in [0.1, 0.15) is 12.4 Å². The Bertz CT molecular complexity index is 878. The predicted molar refractivity (Wildman–Crippen MR) is 111 cm³/mol. The summed E-state index contributed by atoms with van der Waals surface area (Å²) in [4.78, 5) is 4.28. The number of hydrogen-bond acceptors (Lipinski definition) is 4. The number of methoxy groups -OCH3 is 1. The highest BCUT2D eigenvalue weighted by Crippen LogP contribution is 2.37. The largest absolute Gasteiger partial charge is 0.493 e. The van der Waals surface area contributed by atoms with Crippen molar-refractivity contribution in [2.75, 3.05) is 7.11 Å². The molecule has 0 unspecified atom stereocenters. The molecule has 3 rings (SSSR count). The van der Waals surface area contributed by atoms with Gasteiger partial charge in [0, 0.05) is 19.3 Å². The Morgan fingerprint density at radius 2 is 1.82 bits per heavy atom. The first-order valence-corrected chi connectivity index (χ1v) is 8.88. The van der Waals surface area contributed by atoms with Gasteiger partial charge in [-0.3, -0.25) is 4.98 Å². The van der Waals surface area contributed by atoms with E-state index in [0.29, 0.717) is 29.6 Å². The van der Waals surface area contributed by atoms with Crippen molar-refractivity contribution in [2.24, 2.45) is 0 Å². The maximum absolute atomic E-state index is 13.0. The Labute approximate surface area is 175 Å². The molecule has 28 heavy (non-hydrogen) atoms. The molecule has 0 saturated carbocycles. The van der Waals surface area contributed by atoms with Crippen LogP contribution in [0, 0.1) is 5.82 Å². The van der Waals surface area contributed by atoms with Gasteiger partial charge in [0.15, 0.2) is 11.5 Å². The number of pyridine rings is 1. The molecule has 1 heterocycles. The molecule has 2 aromatic carbocycles. The summed E-state index contributed by atoms with van der Waals surface area (Å²) < 4.78 is 24.2. The Hall–Kier alpha value is -2.34. The third-order valence-corrected chi connectivity index (χ3v) is 4.23. The lowest BCUT2D eigenvalue weighted by atomic mass is 10.2. The normalized spacial score (nSPS) is 10.2. The molecule has 0 atom stereocenters. The minimum absolute atomic E-state index is 0. The van der Waals surface area contributed by atoms with Gasteiger partial charge in [-0.15, -0.1) is 12.4 Å². The minimum Gasteiger partial charge on any atom is -0.493 e. The summed E-state index contributed by atoms with van der Waals surface area (Å²) in [7, 11) is 1.57. The van der Waals surface area contributed by atoms with Crippen molar-refractivity contribution >= 4 is 24.0 Å². The molecular formula is C21H21Cl2FN2O2. The molecule has 0 saturated heterocycles. The summed E-state index contributed by atoms with van der Waals surface area (Å²) in [6.45, 7) is 1.54. The Balaban J connectivity index is 0.00000280. The lowest BCUT2D eigenvalue weighted by Crippen LogP contribution is -2.13. The van der Waals surface area contributed by atoms with E-state index in [1.807, 2.05) is 30.3 Å². The zero-order valence-electron chi connectivity index (χ0n) is 15.3. The molecule has 148 valence electrons. The lowest BCUT2D eigenvalue weighted by Gasteiger charge is -2.15. The average Bonchev–Trinajstić information content (AvgIpc) is 2.69. The maximum Gasteiger partial charge on any atom is 0.180 e. The molecule has 0 aliphatic heterocycles. The summed E-state index contributed by atoms with van der Waals surface area (Å²) in [5.41, 5.74) is 2.78. The Morgan fingerprint density at radius 1 is 1.04 bits per heavy atom. The van der Waals surface area contributed by atoms with Gasteiger partial charge in [0.05, 0.1) is 17.8 Å². The highest BCUT2D eigenvalue weighted by molar-refractivity contribution is 6.32. The van der Waals surface area contributed by atoms with Crippen LogP contribution in [-0.4, -0.2) is 12.1 Å². The van der Waals surface area contributed by atoms with Gasteiger partial charge in [0.25, 0.3) is 0 Å². The van der Waals surface area contributed by atoms with Crippen LogP contribution >= 0.6 is 24.0 Å². The Kier molecular flexibility index (Phi) is 8.51. The number of nitrogens with one attached hydrogen (secondary N) is 1. The number of aromatic nitrogens is 1. The number of nitrogens with zero attached hydrogens (tertiary/aromatic N) is 1. The van der Waals surface area contributed by atoms with Crippen molar-refractivity contribution in [3.8, 4) is 11.5 Å². The van der Waals surface area contributed by atoms with Crippen LogP contribution in [0.25, 0.3) is 0 Å². The zero-order chi connectivity index (χ0) is 19.1. The van der Waals surface area contributed by atoms with Crippen molar-refractivity contribution < 1.29 is 13.9 Å². The fraction of sp³-hybridized carbons (Fsp3) is 0.190. The quantitative estimate of drug-likeness (QED) is 0.543. The summed E-state index contributed by atoms with van der Waals surface area (Å²) in [6.07, 6.45) is 1.77. The third kappa shape index (κ3) is 6.09. The van der Waals surface area contributed by atoms with Gasteiger partial charge in [0.2, 0.25) is 0 Å². The van der Waals surface area contributed by atoms with Crippen LogP contribution in [0.2, 0.25) is 5.02 Å². The SMILES string of the molecule is COc1cc(CNCc2ccccn2)cc(Cl)c1OCc1ccc(F)cc1.Cl. The lowest BCUT2D eigenvalue weighted by molar-refractivity contribution is 0.284. The van der Waals surface area contributed by atoms with E-state index >= 15 is 0 Å². The summed E-state index contributed by atoms with van der Waals surface area (Å²) in [5, 5.41) is 3.79. The molecule has 0 spiro atoms. The Morgan fingerprint density at radius 3 is 2.50 bits per heavy atom. The maximum atomic E-state index is 13.0. The summed E-state index contributed by atoms with van der Waals surface area (Å²) >= 11 is 6.40. The number of hydrogen-bond donors (Lipinski definition) is 1. The second kappa shape index (κ2) is 10.9. The van der Waals surface area contributed by atoms with Crippen molar-refractivity contribution in [3.05, 3.63) is 88.5 Å². The molecular weight excluding hydrogens is 402 g/mol. The van der Waals surface area contributed by atoms with Crippen LogP contribution in [0.1, 0.15) is 16.8 Å². The molecule has 0 fully saturated rings. The van der Waals surface area contributed by atoms with Crippen molar-refractivity contribution in [1.29, 1.82) is 0 Å². The fourth-order valence-electron chi connectivity index (χ4n) is 2.59. The molecule has 1 aromatic heterocycles. The molecule has 0 bridgehead atoms. The molecule has 0 radical (unpaired) electrons. The van der Waals surface area contributed by atoms with E-state index in [-0.39, 0.29) is 24.8 Å². The predicted octanol–water partition coefficient (Wildman–Crippen LogP) is 5.17. The van der Waals surface area contributed by atoms with Crippen molar-refractivity contribution in [3.63, 3.8) is 0 Å². The van der Waals surface area contributed by atoms with Crippen LogP contribution in [-0.2, 0) is 19.7 Å². The van der Waals surface area contributed by atoms with E-state index in [4.69, 9.17) is 21.1 Å². The monoisotopic (exact) mass is 422 g/mol. The van der Waals surface area contributed by atoms with E-state index in [1.165, 1.54) is 12.1 Å². The van der Waals surface area contributed by atoms with E-state index in [9.17, 15) is 4.39 Å². The molecule has 1 N–H and O–H groups in total. The van der Waals surface area contributed by atoms with Gasteiger partial charge >= 0.3 is 0 Å². The van der Waals surface area contributed by atoms with Gasteiger partial charge < -0.3 is 14.8 Å². The van der Waals surface area contributed by atoms with Gasteiger partial charge in [-0.2, -0.15) is 0 Å². The van der Waals surface area contributed by atoms with Crippen molar-refractivity contribution in [2.45, 2.75) is 19.7 Å². The van der Waals surface area contributed by atoms with Gasteiger partial charge in [-0.25, -0.2) is 4.39 Å². The van der Waals surface area contributed by atoms with E-state index in [2.05, 4.69) is 10.3 Å². The fourth-order valence-corrected chi connectivity index (χ4v) is 2.88. The second-order valence-corrected chi connectivity index (χ2v) is 6.36. The van der Waals surface area contributed by atoms with Crippen LogP contribution in [0.5, 0.6) is 11.5 Å². The van der Waals surface area contributed by atoms with Gasteiger partial charge in [-0.1, -0.05) is 29.8 Å². The standard InChI is InChI=1S/C21H20ClFN2O2.ClH/c1-26-20-11-16(12-24-13-18-4-2-3-9-25-18)10-19(22)21(20)27-14-15-5-7-17(23)8-6-15;/h2-11,24H,12-14H2,1H3;1H. The number of halogens is 3. The highest BCUT2D eigenvalue weighted by Gasteiger charge is 2.12. The smallest absolute Gasteiger partial charge is 0.180 e. The molecule has 3 aromatic rings. The third-order valence-electron chi connectivity index (χ3n) is 3.95. The minimum atomic E-state index is -0.281. The molecule has 0 aliphatic rings. The molecule has 0 amide bonds. The van der Waals surface area contributed by atoms with Crippen molar-refractivity contribution in [1.82, 2.24) is 10.3 Å². The number of rotatable bonds is 8. The first-order chi connectivity index (χ1) is 13.2. The highest BCUT2D eigenvalue weighted by atomic mass is 35.5. The van der Waals surface area contributed by atoms with Crippen LogP contribution in [0.15, 0.2) is 60.8 Å². The molecule has 0 aliphatic carbocycles. The zero-order valence-corrected chi connectivity index (χ0v) is 16.9. The van der Waals surface area contributed by atoms with Gasteiger partial charge in [-0.05, 0) is 47.5 Å². The van der Waals surface area contributed by atoms with E-state index in [0.717, 1.165) is 16.8 Å². The molecule has 4 nitrogen and oxygen atoms in total. The summed E-state index contributed by atoms with van der Waals surface area (Å²) in [5.74, 6) is 0.744. The first-order valence-electron chi connectivity index (χ1n) is 8.50. The summed E-state index contributed by atoms with van der Waals surface area (Å²) in [6, 6.07) is 15.7. The number of ether oxygens (including phenoxy) is 2. The van der Waals surface area contributed by atoms with Crippen LogP contribution in [0.4, 0.5) is 4.39 Å². The first kappa shape index (κ1) is 22.0. The van der Waals surface area contributed by atoms with Crippen LogP contribution in [0.3, 0.4) is 0 Å². The van der Waals surface area contributed by atoms with E-state index in [1.54, 1.807) is 25.4 Å². The molecule has 7 heteroatoms. The second-order valence-electron chi connectivity index (χ2n) is 5.95. The van der Waals surface area contributed by atoms with E-state index < -0.39 is 0 Å². The average molecular weight is 423 g/mol.